The molecule has 0 saturated carbocycles. The summed E-state index contributed by atoms with van der Waals surface area (Å²) in [4.78, 5) is 133. The number of nitrogens with one attached hydrogen (secondary N) is 7. The number of guanidine groups is 2. The summed E-state index contributed by atoms with van der Waals surface area (Å²) in [5.74, 6) is -12.8. The first-order valence-electron chi connectivity index (χ1n) is 18.9. The summed E-state index contributed by atoms with van der Waals surface area (Å²) >= 11 is 0. The molecular formula is C34H61ClN14O13. The van der Waals surface area contributed by atoms with Crippen LogP contribution in [0.5, 0.6) is 0 Å². The van der Waals surface area contributed by atoms with Crippen LogP contribution in [0.1, 0.15) is 66.2 Å². The van der Waals surface area contributed by atoms with Crippen molar-refractivity contribution in [3.63, 3.8) is 0 Å². The van der Waals surface area contributed by atoms with Crippen LogP contribution >= 0.6 is 12.4 Å². The van der Waals surface area contributed by atoms with Gasteiger partial charge < -0.3 is 81.2 Å². The van der Waals surface area contributed by atoms with E-state index in [1.165, 1.54) is 13.8 Å². The normalized spacial score (nSPS) is 13.5. The van der Waals surface area contributed by atoms with Crippen LogP contribution in [0.15, 0.2) is 9.98 Å². The molecule has 20 N–H and O–H groups in total. The molecule has 0 heterocycles. The molecule has 0 fully saturated rings. The van der Waals surface area contributed by atoms with Crippen molar-refractivity contribution >= 4 is 83.6 Å². The number of aliphatic carboxylic acids is 3. The zero-order chi connectivity index (χ0) is 47.0. The molecule has 62 heavy (non-hydrogen) atoms. The Kier molecular flexibility index (Phi) is 27.6. The third kappa shape index (κ3) is 24.5. The van der Waals surface area contributed by atoms with Crippen molar-refractivity contribution in [3.05, 3.63) is 0 Å². The fraction of sp³-hybridized carbons (Fsp3) is 0.647. The minimum absolute atomic E-state index is 0. The first-order valence-corrected chi connectivity index (χ1v) is 18.9. The highest BCUT2D eigenvalue weighted by Gasteiger charge is 2.33. The molecule has 0 bridgehead atoms. The van der Waals surface area contributed by atoms with E-state index in [2.05, 4.69) is 47.2 Å². The van der Waals surface area contributed by atoms with E-state index < -0.39 is 127 Å². The topological polar surface area (TPSA) is 470 Å². The van der Waals surface area contributed by atoms with Gasteiger partial charge in [0.2, 0.25) is 41.4 Å². The molecule has 0 aromatic rings. The fourth-order valence-corrected chi connectivity index (χ4v) is 4.99. The van der Waals surface area contributed by atoms with Crippen LogP contribution in [0.25, 0.3) is 0 Å². The molecule has 27 nitrogen and oxygen atoms in total. The Balaban J connectivity index is 0. The van der Waals surface area contributed by atoms with E-state index in [0.29, 0.717) is 0 Å². The smallest absolute Gasteiger partial charge is 0.326 e. The number of amides is 7. The van der Waals surface area contributed by atoms with Crippen molar-refractivity contribution in [1.82, 2.24) is 37.2 Å². The standard InChI is InChI=1S/C34H60N14O13.ClH/c1-15(2)25(35)30(58)46-19(11-23(51)52)27(55)42-13-21(49)44-17(7-5-9-40-33(36)37)29(57)48-26(16(3)4)31(59)47-20(12-24(53)54)28(56)43-14-22(50)45-18(32(60)61)8-6-10-41-34(38)39;/h15-20,25-26H,5-14,35H2,1-4H3,(H,42,55)(H,43,56)(H,44,49)(H,45,50)(H,46,58)(H,47,59)(H,48,57)(H,51,52)(H,53,54)(H,60,61)(H4,36,37,40)(H4,38,39,41);1H/t17-,18-,19-,20-,25-,26-;/m0./s1. The minimum atomic E-state index is -1.79. The van der Waals surface area contributed by atoms with E-state index in [4.69, 9.17) is 28.7 Å². The minimum Gasteiger partial charge on any atom is -0.481 e. The Labute approximate surface area is 362 Å². The van der Waals surface area contributed by atoms with Crippen molar-refractivity contribution in [3.8, 4) is 0 Å². The van der Waals surface area contributed by atoms with Crippen LogP contribution in [-0.2, 0) is 47.9 Å². The van der Waals surface area contributed by atoms with Gasteiger partial charge in [-0.1, -0.05) is 27.7 Å². The van der Waals surface area contributed by atoms with E-state index in [9.17, 15) is 63.3 Å². The molecule has 0 aromatic carbocycles. The third-order valence-electron chi connectivity index (χ3n) is 8.31. The number of carboxylic acid groups (broad SMARTS) is 3. The molecule has 0 aromatic heterocycles. The summed E-state index contributed by atoms with van der Waals surface area (Å²) in [5.41, 5.74) is 27.0. The Morgan fingerprint density at radius 1 is 0.516 bits per heavy atom. The number of nitrogens with two attached hydrogens (primary N) is 5. The molecule has 0 aliphatic carbocycles. The van der Waals surface area contributed by atoms with Gasteiger partial charge in [0.25, 0.3) is 0 Å². The molecule has 28 heteroatoms. The van der Waals surface area contributed by atoms with E-state index in [1.807, 2.05) is 0 Å². The number of carboxylic acids is 3. The van der Waals surface area contributed by atoms with E-state index in [1.54, 1.807) is 13.8 Å². The van der Waals surface area contributed by atoms with Gasteiger partial charge in [0.1, 0.15) is 30.2 Å². The molecule has 0 unspecified atom stereocenters. The van der Waals surface area contributed by atoms with E-state index in [0.717, 1.165) is 0 Å². The lowest BCUT2D eigenvalue weighted by atomic mass is 10.0. The average Bonchev–Trinajstić information content (AvgIpc) is 3.15. The zero-order valence-electron chi connectivity index (χ0n) is 34.8. The largest absolute Gasteiger partial charge is 0.481 e. The van der Waals surface area contributed by atoms with Gasteiger partial charge in [0, 0.05) is 13.1 Å². The van der Waals surface area contributed by atoms with Crippen LogP contribution in [0.3, 0.4) is 0 Å². The first-order chi connectivity index (χ1) is 28.3. The molecule has 6 atom stereocenters. The molecular weight excluding hydrogens is 848 g/mol. The van der Waals surface area contributed by atoms with Crippen molar-refractivity contribution in [1.29, 1.82) is 0 Å². The molecule has 0 rings (SSSR count). The lowest BCUT2D eigenvalue weighted by Crippen LogP contribution is -2.59. The summed E-state index contributed by atoms with van der Waals surface area (Å²) in [6.07, 6.45) is -1.75. The number of halogens is 1. The maximum atomic E-state index is 13.6. The average molecular weight is 909 g/mol. The van der Waals surface area contributed by atoms with Gasteiger partial charge in [0.05, 0.1) is 32.0 Å². The number of nitrogens with zero attached hydrogens (tertiary/aromatic N) is 2. The molecule has 0 saturated heterocycles. The molecule has 352 valence electrons. The van der Waals surface area contributed by atoms with Crippen LogP contribution in [0.4, 0.5) is 0 Å². The highest BCUT2D eigenvalue weighted by molar-refractivity contribution is 5.98. The number of carbonyl (C=O) groups excluding carboxylic acids is 7. The van der Waals surface area contributed by atoms with Gasteiger partial charge in [-0.3, -0.25) is 53.1 Å². The van der Waals surface area contributed by atoms with Crippen molar-refractivity contribution in [2.75, 3.05) is 26.2 Å². The Morgan fingerprint density at radius 3 is 1.29 bits per heavy atom. The number of hydrogen-bond donors (Lipinski definition) is 15. The predicted octanol–water partition coefficient (Wildman–Crippen LogP) is -6.15. The molecule has 0 aliphatic rings. The fourth-order valence-electron chi connectivity index (χ4n) is 4.99. The van der Waals surface area contributed by atoms with Crippen LogP contribution < -0.4 is 65.9 Å². The Bertz CT molecular complexity index is 1640. The number of aliphatic imine (C=N–C) groups is 2. The van der Waals surface area contributed by atoms with Gasteiger partial charge in [-0.15, -0.1) is 12.4 Å². The number of carbonyl (C=O) groups is 10. The summed E-state index contributed by atoms with van der Waals surface area (Å²) in [7, 11) is 0. The van der Waals surface area contributed by atoms with Gasteiger partial charge in [-0.05, 0) is 37.5 Å². The summed E-state index contributed by atoms with van der Waals surface area (Å²) < 4.78 is 0. The van der Waals surface area contributed by atoms with Crippen LogP contribution in [-0.4, -0.2) is 149 Å². The SMILES string of the molecule is CC(C)[C@H](N)C(=O)N[C@@H](CC(=O)O)C(=O)NCC(=O)N[C@@H](CCCN=C(N)N)C(=O)N[C@H](C(=O)N[C@@H](CC(=O)O)C(=O)NCC(=O)N[C@@H](CCCN=C(N)N)C(=O)O)C(C)C.Cl. The monoisotopic (exact) mass is 908 g/mol. The van der Waals surface area contributed by atoms with Gasteiger partial charge in [-0.25, -0.2) is 4.79 Å². The van der Waals surface area contributed by atoms with E-state index >= 15 is 0 Å². The second-order valence-electron chi connectivity index (χ2n) is 14.2. The lowest BCUT2D eigenvalue weighted by Gasteiger charge is -2.27. The second-order valence-corrected chi connectivity index (χ2v) is 14.2. The third-order valence-corrected chi connectivity index (χ3v) is 8.31. The van der Waals surface area contributed by atoms with Gasteiger partial charge >= 0.3 is 17.9 Å². The van der Waals surface area contributed by atoms with E-state index in [-0.39, 0.29) is 69.0 Å². The van der Waals surface area contributed by atoms with Gasteiger partial charge in [0.15, 0.2) is 11.9 Å². The highest BCUT2D eigenvalue weighted by atomic mass is 35.5. The Hall–Kier alpha value is -6.51. The quantitative estimate of drug-likeness (QED) is 0.0189. The number of rotatable bonds is 29. The molecule has 0 radical (unpaired) electrons. The second kappa shape index (κ2) is 29.7. The maximum absolute atomic E-state index is 13.6. The predicted molar refractivity (Wildman–Crippen MR) is 223 cm³/mol. The van der Waals surface area contributed by atoms with Gasteiger partial charge in [-0.2, -0.15) is 0 Å². The van der Waals surface area contributed by atoms with Crippen LogP contribution in [0, 0.1) is 11.8 Å². The first kappa shape index (κ1) is 57.6. The summed E-state index contributed by atoms with van der Waals surface area (Å²) in [5, 5.41) is 43.9. The lowest BCUT2D eigenvalue weighted by molar-refractivity contribution is -0.142. The molecule has 0 spiro atoms. The van der Waals surface area contributed by atoms with Crippen molar-refractivity contribution < 1.29 is 63.3 Å². The molecule has 7 amide bonds. The Morgan fingerprint density at radius 2 is 0.919 bits per heavy atom. The maximum Gasteiger partial charge on any atom is 0.326 e. The summed E-state index contributed by atoms with van der Waals surface area (Å²) in [6.45, 7) is 4.74. The van der Waals surface area contributed by atoms with Crippen molar-refractivity contribution in [2.24, 2.45) is 50.5 Å². The molecule has 0 aliphatic heterocycles. The summed E-state index contributed by atoms with van der Waals surface area (Å²) in [6, 6.07) is -8.72. The number of hydrogen-bond acceptors (Lipinski definition) is 13. The zero-order valence-corrected chi connectivity index (χ0v) is 35.6. The highest BCUT2D eigenvalue weighted by Crippen LogP contribution is 2.08. The van der Waals surface area contributed by atoms with Crippen molar-refractivity contribution in [2.45, 2.75) is 102 Å². The van der Waals surface area contributed by atoms with Crippen LogP contribution in [0.2, 0.25) is 0 Å².